The summed E-state index contributed by atoms with van der Waals surface area (Å²) in [5.74, 6) is 7.85. The summed E-state index contributed by atoms with van der Waals surface area (Å²) in [6, 6.07) is 0. The third kappa shape index (κ3) is 508. The van der Waals surface area contributed by atoms with Crippen LogP contribution < -0.4 is 11.8 Å². The van der Waals surface area contributed by atoms with Gasteiger partial charge in [-0.05, 0) is 0 Å². The Balaban J connectivity index is 0. The predicted molar refractivity (Wildman–Crippen MR) is 17.2 cm³/mol. The molecule has 0 heterocycles. The van der Waals surface area contributed by atoms with Crippen molar-refractivity contribution in [3.63, 3.8) is 0 Å². The fourth-order valence-corrected chi connectivity index (χ4v) is 0. The van der Waals surface area contributed by atoms with Gasteiger partial charge in [-0.25, -0.2) is 11.8 Å². The second kappa shape index (κ2) is 43.9. The van der Waals surface area contributed by atoms with Gasteiger partial charge in [0.1, 0.15) is 0 Å². The molecule has 0 aromatic rings. The van der Waals surface area contributed by atoms with E-state index in [2.05, 4.69) is 16.6 Å². The van der Waals surface area contributed by atoms with Crippen LogP contribution >= 0.6 is 0 Å². The number of hydrogen-bond donors (Lipinski definition) is 3. The van der Waals surface area contributed by atoms with E-state index in [9.17, 15) is 0 Å². The van der Waals surface area contributed by atoms with Crippen LogP contribution in [0.1, 0.15) is 0 Å². The zero-order chi connectivity index (χ0) is 4.71. The van der Waals surface area contributed by atoms with Crippen LogP contribution in [0, 0.1) is 0 Å². The van der Waals surface area contributed by atoms with Crippen molar-refractivity contribution < 1.29 is 10.0 Å². The van der Waals surface area contributed by atoms with Crippen LogP contribution in [-0.2, 0) is 4.84 Å². The van der Waals surface area contributed by atoms with E-state index in [1.807, 2.05) is 0 Å². The number of nitrogens with two attached hydrogens (primary N) is 2. The molecule has 0 atom stereocenters. The molecule has 5 N–H and O–H groups in total. The minimum atomic E-state index is 1.40. The maximum Gasteiger partial charge on any atom is 0.0569 e. The molecule has 0 aromatic heterocycles. The van der Waals surface area contributed by atoms with Crippen LogP contribution in [0.15, 0.2) is 0 Å². The van der Waals surface area contributed by atoms with Gasteiger partial charge in [0.2, 0.25) is 0 Å². The van der Waals surface area contributed by atoms with Crippen molar-refractivity contribution >= 4 is 0 Å². The Kier molecular flexibility index (Phi) is 77.7. The Morgan fingerprint density at radius 3 is 1.60 bits per heavy atom. The second-order valence-corrected chi connectivity index (χ2v) is 0.236. The highest BCUT2D eigenvalue weighted by Crippen LogP contribution is 1.14. The van der Waals surface area contributed by atoms with Crippen LogP contribution in [-0.4, -0.2) is 12.3 Å². The third-order valence-electron chi connectivity index (χ3n) is 0. The van der Waals surface area contributed by atoms with Crippen molar-refractivity contribution in [1.82, 2.24) is 0 Å². The van der Waals surface area contributed by atoms with Gasteiger partial charge in [0, 0.05) is 0 Å². The SMILES string of the molecule is CON.NO. The molecule has 0 aliphatic heterocycles. The molecule has 0 unspecified atom stereocenters. The van der Waals surface area contributed by atoms with Gasteiger partial charge in [-0.15, -0.1) is 0 Å². The molecule has 0 aromatic carbocycles. The molecule has 34 valence electrons. The van der Waals surface area contributed by atoms with E-state index >= 15 is 0 Å². The average Bonchev–Trinajstić information content (AvgIpc) is 1.46. The van der Waals surface area contributed by atoms with Crippen LogP contribution in [0.4, 0.5) is 0 Å². The predicted octanol–water partition coefficient (Wildman–Crippen LogP) is -1.16. The van der Waals surface area contributed by atoms with Gasteiger partial charge in [0.05, 0.1) is 7.11 Å². The summed E-state index contributed by atoms with van der Waals surface area (Å²) in [5.41, 5.74) is 0. The minimum absolute atomic E-state index is 1.40. The first-order valence-corrected chi connectivity index (χ1v) is 0.902. The summed E-state index contributed by atoms with van der Waals surface area (Å²) in [5, 5.41) is 6.50. The van der Waals surface area contributed by atoms with E-state index in [0.717, 1.165) is 0 Å². The quantitative estimate of drug-likeness (QED) is 0.320. The summed E-state index contributed by atoms with van der Waals surface area (Å²) in [7, 11) is 1.40. The Morgan fingerprint density at radius 1 is 1.60 bits per heavy atom. The summed E-state index contributed by atoms with van der Waals surface area (Å²) in [6.07, 6.45) is 0. The van der Waals surface area contributed by atoms with Gasteiger partial charge < -0.3 is 10.0 Å². The van der Waals surface area contributed by atoms with Crippen molar-refractivity contribution in [1.29, 1.82) is 0 Å². The van der Waals surface area contributed by atoms with Gasteiger partial charge in [-0.1, -0.05) is 0 Å². The molecule has 5 heavy (non-hydrogen) atoms. The van der Waals surface area contributed by atoms with E-state index in [1.165, 1.54) is 7.11 Å². The highest BCUT2D eigenvalue weighted by Gasteiger charge is 1.23. The summed E-state index contributed by atoms with van der Waals surface area (Å²) in [4.78, 5) is 3.75. The first-order chi connectivity index (χ1) is 2.41. The maximum atomic E-state index is 6.50. The lowest BCUT2D eigenvalue weighted by Gasteiger charge is -1.62. The van der Waals surface area contributed by atoms with Gasteiger partial charge in [0.15, 0.2) is 0 Å². The van der Waals surface area contributed by atoms with E-state index in [4.69, 9.17) is 5.21 Å². The third-order valence-corrected chi connectivity index (χ3v) is 0. The molecule has 0 bridgehead atoms. The Hall–Kier alpha value is -0.160. The fourth-order valence-electron chi connectivity index (χ4n) is 0. The lowest BCUT2D eigenvalue weighted by molar-refractivity contribution is 0.206. The molecule has 4 heteroatoms. The first-order valence-electron chi connectivity index (χ1n) is 0.902. The Bertz CT molecular complexity index is 7.61. The van der Waals surface area contributed by atoms with Crippen molar-refractivity contribution in [2.24, 2.45) is 11.8 Å². The van der Waals surface area contributed by atoms with Crippen LogP contribution in [0.3, 0.4) is 0 Å². The second-order valence-electron chi connectivity index (χ2n) is 0.236. The monoisotopic (exact) mass is 80.1 g/mol. The molecule has 0 saturated heterocycles. The molecule has 0 aliphatic carbocycles. The fraction of sp³-hybridized carbons (Fsp3) is 1.00. The van der Waals surface area contributed by atoms with Crippen molar-refractivity contribution in [2.45, 2.75) is 0 Å². The molecule has 0 fully saturated rings. The first kappa shape index (κ1) is 8.85. The molecule has 4 nitrogen and oxygen atoms in total. The van der Waals surface area contributed by atoms with Crippen LogP contribution in [0.2, 0.25) is 0 Å². The zero-order valence-corrected chi connectivity index (χ0v) is 3.01. The minimum Gasteiger partial charge on any atom is -0.320 e. The molecule has 0 spiro atoms. The zero-order valence-electron chi connectivity index (χ0n) is 3.01. The topological polar surface area (TPSA) is 81.5 Å². The van der Waals surface area contributed by atoms with E-state index in [0.29, 0.717) is 0 Å². The van der Waals surface area contributed by atoms with Gasteiger partial charge in [-0.2, -0.15) is 0 Å². The molecular formula is CH8N2O2. The smallest absolute Gasteiger partial charge is 0.0569 e. The molecular weight excluding hydrogens is 72.0 g/mol. The van der Waals surface area contributed by atoms with E-state index in [-0.39, 0.29) is 0 Å². The van der Waals surface area contributed by atoms with Gasteiger partial charge in [0.25, 0.3) is 0 Å². The highest BCUT2D eigenvalue weighted by molar-refractivity contribution is 3.43. The molecule has 0 radical (unpaired) electrons. The van der Waals surface area contributed by atoms with E-state index in [1.54, 1.807) is 0 Å². The summed E-state index contributed by atoms with van der Waals surface area (Å²) in [6.45, 7) is 0. The summed E-state index contributed by atoms with van der Waals surface area (Å²) >= 11 is 0. The number of rotatable bonds is 0. The molecule has 0 saturated carbocycles. The maximum absolute atomic E-state index is 6.50. The Labute approximate surface area is 30.2 Å². The van der Waals surface area contributed by atoms with Crippen LogP contribution in [0.25, 0.3) is 0 Å². The standard InChI is InChI=1S/CH5NO.H3NO/c1-3-2;1-2/h2H2,1H3;2H,1H2. The van der Waals surface area contributed by atoms with Gasteiger partial charge >= 0.3 is 0 Å². The average molecular weight is 80.1 g/mol. The highest BCUT2D eigenvalue weighted by atomic mass is 16.6. The lowest BCUT2D eigenvalue weighted by Crippen LogP contribution is -1.86. The Morgan fingerprint density at radius 2 is 1.60 bits per heavy atom. The van der Waals surface area contributed by atoms with Crippen molar-refractivity contribution in [3.05, 3.63) is 0 Å². The number of hydrogen-bond acceptors (Lipinski definition) is 4. The molecule has 0 amide bonds. The summed E-state index contributed by atoms with van der Waals surface area (Å²) < 4.78 is 0. The van der Waals surface area contributed by atoms with Crippen molar-refractivity contribution in [3.8, 4) is 0 Å². The normalized spacial score (nSPS) is 4.80. The lowest BCUT2D eigenvalue weighted by atomic mass is 11.7. The largest absolute Gasteiger partial charge is 0.320 e. The van der Waals surface area contributed by atoms with Gasteiger partial charge in [-0.3, -0.25) is 0 Å². The van der Waals surface area contributed by atoms with Crippen molar-refractivity contribution in [2.75, 3.05) is 7.11 Å². The molecule has 0 rings (SSSR count). The molecule has 0 aliphatic rings. The van der Waals surface area contributed by atoms with E-state index < -0.39 is 0 Å². The van der Waals surface area contributed by atoms with Crippen LogP contribution in [0.5, 0.6) is 0 Å².